The van der Waals surface area contributed by atoms with Gasteiger partial charge in [-0.15, -0.1) is 0 Å². The Morgan fingerprint density at radius 1 is 0.947 bits per heavy atom. The fraction of sp³-hybridized carbons (Fsp3) is 0.133. The first kappa shape index (κ1) is 13.0. The van der Waals surface area contributed by atoms with E-state index in [0.29, 0.717) is 11.3 Å². The number of benzene rings is 2. The Hall–Kier alpha value is -2.49. The van der Waals surface area contributed by atoms with Gasteiger partial charge in [-0.05, 0) is 37.1 Å². The van der Waals surface area contributed by atoms with E-state index in [1.54, 1.807) is 25.1 Å². The standard InChI is InChI=1S/C15H14O4/c1-10-6-3-4-9-13(10)18-19-14-11(2)7-5-8-12(14)15(16)17/h3-9H,1-2H3,(H,16,17). The van der Waals surface area contributed by atoms with Gasteiger partial charge in [0, 0.05) is 0 Å². The summed E-state index contributed by atoms with van der Waals surface area (Å²) in [4.78, 5) is 21.6. The van der Waals surface area contributed by atoms with Crippen LogP contribution >= 0.6 is 0 Å². The van der Waals surface area contributed by atoms with Crippen molar-refractivity contribution in [2.45, 2.75) is 13.8 Å². The van der Waals surface area contributed by atoms with Crippen molar-refractivity contribution in [1.29, 1.82) is 0 Å². The molecule has 2 aromatic carbocycles. The molecule has 0 bridgehead atoms. The molecule has 4 heteroatoms. The number of carboxylic acid groups (broad SMARTS) is 1. The molecule has 0 fully saturated rings. The number of aromatic carboxylic acids is 1. The third-order valence-electron chi connectivity index (χ3n) is 2.75. The van der Waals surface area contributed by atoms with Crippen LogP contribution in [0.3, 0.4) is 0 Å². The molecule has 0 radical (unpaired) electrons. The average molecular weight is 258 g/mol. The summed E-state index contributed by atoms with van der Waals surface area (Å²) in [5.41, 5.74) is 1.69. The minimum atomic E-state index is -1.05. The van der Waals surface area contributed by atoms with Crippen molar-refractivity contribution in [1.82, 2.24) is 0 Å². The van der Waals surface area contributed by atoms with E-state index in [1.165, 1.54) is 6.07 Å². The van der Waals surface area contributed by atoms with Crippen molar-refractivity contribution < 1.29 is 19.7 Å². The molecule has 0 atom stereocenters. The minimum absolute atomic E-state index is 0.0774. The van der Waals surface area contributed by atoms with Gasteiger partial charge >= 0.3 is 5.97 Å². The minimum Gasteiger partial charge on any atom is -0.478 e. The highest BCUT2D eigenvalue weighted by molar-refractivity contribution is 5.91. The molecule has 0 saturated heterocycles. The lowest BCUT2D eigenvalue weighted by atomic mass is 10.1. The number of para-hydroxylation sites is 2. The number of hydrogen-bond donors (Lipinski definition) is 1. The Bertz CT molecular complexity index is 605. The molecule has 0 heterocycles. The number of aryl methyl sites for hydroxylation is 2. The van der Waals surface area contributed by atoms with Gasteiger partial charge in [-0.1, -0.05) is 30.3 Å². The predicted molar refractivity (Wildman–Crippen MR) is 70.6 cm³/mol. The summed E-state index contributed by atoms with van der Waals surface area (Å²) in [5.74, 6) is -0.271. The summed E-state index contributed by atoms with van der Waals surface area (Å²) in [5, 5.41) is 9.11. The zero-order valence-electron chi connectivity index (χ0n) is 10.7. The second-order valence-corrected chi connectivity index (χ2v) is 4.19. The van der Waals surface area contributed by atoms with Crippen molar-refractivity contribution >= 4 is 5.97 Å². The van der Waals surface area contributed by atoms with Crippen LogP contribution in [0, 0.1) is 13.8 Å². The van der Waals surface area contributed by atoms with Gasteiger partial charge in [-0.25, -0.2) is 4.79 Å². The summed E-state index contributed by atoms with van der Waals surface area (Å²) in [6.07, 6.45) is 0. The second kappa shape index (κ2) is 5.44. The maximum atomic E-state index is 11.1. The molecule has 2 aromatic rings. The van der Waals surface area contributed by atoms with Gasteiger partial charge in [0.1, 0.15) is 5.56 Å². The summed E-state index contributed by atoms with van der Waals surface area (Å²) >= 11 is 0. The fourth-order valence-electron chi connectivity index (χ4n) is 1.67. The van der Waals surface area contributed by atoms with Crippen molar-refractivity contribution in [2.75, 3.05) is 0 Å². The van der Waals surface area contributed by atoms with Crippen LogP contribution in [0.4, 0.5) is 0 Å². The fourth-order valence-corrected chi connectivity index (χ4v) is 1.67. The van der Waals surface area contributed by atoms with Gasteiger partial charge in [0.2, 0.25) is 0 Å². The van der Waals surface area contributed by atoms with Crippen molar-refractivity contribution in [3.8, 4) is 11.5 Å². The molecule has 0 spiro atoms. The maximum absolute atomic E-state index is 11.1. The summed E-state index contributed by atoms with van der Waals surface area (Å²) in [6.45, 7) is 3.65. The molecule has 1 N–H and O–H groups in total. The Morgan fingerprint density at radius 3 is 2.32 bits per heavy atom. The van der Waals surface area contributed by atoms with Crippen LogP contribution < -0.4 is 9.78 Å². The maximum Gasteiger partial charge on any atom is 0.339 e. The molecule has 0 amide bonds. The van der Waals surface area contributed by atoms with Crippen LogP contribution in [-0.4, -0.2) is 11.1 Å². The van der Waals surface area contributed by atoms with E-state index in [-0.39, 0.29) is 11.3 Å². The molecule has 0 aromatic heterocycles. The van der Waals surface area contributed by atoms with Crippen molar-refractivity contribution in [2.24, 2.45) is 0 Å². The highest BCUT2D eigenvalue weighted by Gasteiger charge is 2.15. The summed E-state index contributed by atoms with van der Waals surface area (Å²) in [7, 11) is 0. The van der Waals surface area contributed by atoms with Crippen molar-refractivity contribution in [3.63, 3.8) is 0 Å². The molecule has 4 nitrogen and oxygen atoms in total. The van der Waals surface area contributed by atoms with E-state index in [2.05, 4.69) is 0 Å². The van der Waals surface area contributed by atoms with Gasteiger partial charge in [0.15, 0.2) is 11.5 Å². The predicted octanol–water partition coefficient (Wildman–Crippen LogP) is 3.37. The highest BCUT2D eigenvalue weighted by atomic mass is 17.2. The van der Waals surface area contributed by atoms with Gasteiger partial charge in [0.05, 0.1) is 0 Å². The first-order valence-electron chi connectivity index (χ1n) is 5.82. The smallest absolute Gasteiger partial charge is 0.339 e. The lowest BCUT2D eigenvalue weighted by Crippen LogP contribution is -2.08. The lowest BCUT2D eigenvalue weighted by molar-refractivity contribution is -0.102. The Morgan fingerprint density at radius 2 is 1.63 bits per heavy atom. The average Bonchev–Trinajstić information content (AvgIpc) is 2.38. The molecule has 0 aliphatic rings. The van der Waals surface area contributed by atoms with E-state index in [0.717, 1.165) is 5.56 Å². The van der Waals surface area contributed by atoms with Crippen LogP contribution in [0.1, 0.15) is 21.5 Å². The molecule has 0 aliphatic carbocycles. The molecular weight excluding hydrogens is 244 g/mol. The number of carboxylic acids is 1. The molecular formula is C15H14O4. The summed E-state index contributed by atoms with van der Waals surface area (Å²) < 4.78 is 0. The van der Waals surface area contributed by atoms with E-state index in [1.807, 2.05) is 25.1 Å². The largest absolute Gasteiger partial charge is 0.478 e. The third-order valence-corrected chi connectivity index (χ3v) is 2.75. The van der Waals surface area contributed by atoms with Gasteiger partial charge in [0.25, 0.3) is 0 Å². The number of rotatable bonds is 4. The van der Waals surface area contributed by atoms with Gasteiger partial charge in [-0.2, -0.15) is 0 Å². The highest BCUT2D eigenvalue weighted by Crippen LogP contribution is 2.25. The molecule has 0 saturated carbocycles. The monoisotopic (exact) mass is 258 g/mol. The van der Waals surface area contributed by atoms with Crippen molar-refractivity contribution in [3.05, 3.63) is 59.2 Å². The Labute approximate surface area is 111 Å². The quantitative estimate of drug-likeness (QED) is 0.674. The first-order valence-corrected chi connectivity index (χ1v) is 5.82. The van der Waals surface area contributed by atoms with Gasteiger partial charge in [-0.3, -0.25) is 9.78 Å². The third kappa shape index (κ3) is 2.85. The lowest BCUT2D eigenvalue weighted by Gasteiger charge is -2.11. The Kier molecular flexibility index (Phi) is 3.71. The topological polar surface area (TPSA) is 55.8 Å². The molecule has 19 heavy (non-hydrogen) atoms. The number of hydrogen-bond acceptors (Lipinski definition) is 3. The van der Waals surface area contributed by atoms with Crippen LogP contribution in [0.5, 0.6) is 11.5 Å². The summed E-state index contributed by atoms with van der Waals surface area (Å²) in [6, 6.07) is 12.3. The SMILES string of the molecule is Cc1ccccc1OOc1c(C)cccc1C(=O)O. The van der Waals surface area contributed by atoms with E-state index >= 15 is 0 Å². The van der Waals surface area contributed by atoms with Crippen LogP contribution in [-0.2, 0) is 0 Å². The van der Waals surface area contributed by atoms with Gasteiger partial charge < -0.3 is 5.11 Å². The molecule has 98 valence electrons. The molecule has 0 unspecified atom stereocenters. The molecule has 0 aliphatic heterocycles. The van der Waals surface area contributed by atoms with Crippen LogP contribution in [0.25, 0.3) is 0 Å². The number of carbonyl (C=O) groups is 1. The van der Waals surface area contributed by atoms with E-state index < -0.39 is 5.97 Å². The zero-order valence-corrected chi connectivity index (χ0v) is 10.7. The van der Waals surface area contributed by atoms with Crippen LogP contribution in [0.2, 0.25) is 0 Å². The zero-order chi connectivity index (χ0) is 13.8. The second-order valence-electron chi connectivity index (χ2n) is 4.19. The Balaban J connectivity index is 2.25. The first-order chi connectivity index (χ1) is 9.09. The molecule has 2 rings (SSSR count). The normalized spacial score (nSPS) is 10.0. The van der Waals surface area contributed by atoms with Crippen LogP contribution in [0.15, 0.2) is 42.5 Å². The van der Waals surface area contributed by atoms with E-state index in [4.69, 9.17) is 14.9 Å². The van der Waals surface area contributed by atoms with E-state index in [9.17, 15) is 4.79 Å².